The molecule has 2 aliphatic rings. The monoisotopic (exact) mass is 322 g/mol. The van der Waals surface area contributed by atoms with Gasteiger partial charge in [0.1, 0.15) is 0 Å². The van der Waals surface area contributed by atoms with Crippen LogP contribution in [0.25, 0.3) is 0 Å². The van der Waals surface area contributed by atoms with Gasteiger partial charge in [0.25, 0.3) is 0 Å². The zero-order valence-electron chi connectivity index (χ0n) is 12.8. The van der Waals surface area contributed by atoms with Gasteiger partial charge in [0.2, 0.25) is 15.9 Å². The number of fused-ring (bicyclic) bond motifs is 1. The summed E-state index contributed by atoms with van der Waals surface area (Å²) in [7, 11) is -3.45. The summed E-state index contributed by atoms with van der Waals surface area (Å²) in [4.78, 5) is 11.9. The van der Waals surface area contributed by atoms with E-state index in [0.29, 0.717) is 17.9 Å². The Labute approximate surface area is 131 Å². The van der Waals surface area contributed by atoms with Gasteiger partial charge in [-0.15, -0.1) is 0 Å². The first-order chi connectivity index (χ1) is 10.5. The first kappa shape index (κ1) is 15.5. The smallest absolute Gasteiger partial charge is 0.243 e. The van der Waals surface area contributed by atoms with E-state index in [4.69, 9.17) is 0 Å². The van der Waals surface area contributed by atoms with Gasteiger partial charge in [0.15, 0.2) is 0 Å². The fourth-order valence-electron chi connectivity index (χ4n) is 3.28. The summed E-state index contributed by atoms with van der Waals surface area (Å²) in [6.45, 7) is 2.57. The Morgan fingerprint density at radius 3 is 2.77 bits per heavy atom. The van der Waals surface area contributed by atoms with Crippen LogP contribution in [0, 0.1) is 0 Å². The molecule has 0 spiro atoms. The number of anilines is 1. The normalized spacial score (nSPS) is 23.5. The highest BCUT2D eigenvalue weighted by molar-refractivity contribution is 7.89. The topological polar surface area (TPSA) is 66.5 Å². The Kier molecular flexibility index (Phi) is 4.23. The van der Waals surface area contributed by atoms with Gasteiger partial charge in [0, 0.05) is 24.7 Å². The van der Waals surface area contributed by atoms with Crippen molar-refractivity contribution in [1.29, 1.82) is 0 Å². The van der Waals surface area contributed by atoms with Gasteiger partial charge in [-0.25, -0.2) is 8.42 Å². The van der Waals surface area contributed by atoms with Crippen molar-refractivity contribution in [2.45, 2.75) is 56.4 Å². The van der Waals surface area contributed by atoms with E-state index in [1.807, 2.05) is 6.92 Å². The van der Waals surface area contributed by atoms with E-state index in [1.54, 1.807) is 22.5 Å². The van der Waals surface area contributed by atoms with Crippen molar-refractivity contribution in [1.82, 2.24) is 4.31 Å². The Morgan fingerprint density at radius 2 is 2.00 bits per heavy atom. The van der Waals surface area contributed by atoms with Crippen LogP contribution in [0.1, 0.15) is 44.6 Å². The highest BCUT2D eigenvalue weighted by atomic mass is 32.2. The number of hydrogen-bond donors (Lipinski definition) is 1. The van der Waals surface area contributed by atoms with E-state index in [0.717, 1.165) is 43.4 Å². The van der Waals surface area contributed by atoms with E-state index in [9.17, 15) is 13.2 Å². The van der Waals surface area contributed by atoms with Crippen molar-refractivity contribution in [2.75, 3.05) is 11.9 Å². The predicted molar refractivity (Wildman–Crippen MR) is 85.2 cm³/mol. The predicted octanol–water partition coefficient (Wildman–Crippen LogP) is 2.52. The van der Waals surface area contributed by atoms with E-state index in [1.165, 1.54) is 0 Å². The average Bonchev–Trinajstić information content (AvgIpc) is 2.67. The number of hydrogen-bond acceptors (Lipinski definition) is 3. The van der Waals surface area contributed by atoms with Gasteiger partial charge in [-0.1, -0.05) is 6.42 Å². The fraction of sp³-hybridized carbons (Fsp3) is 0.562. The Balaban J connectivity index is 1.94. The lowest BCUT2D eigenvalue weighted by Gasteiger charge is -2.32. The number of benzene rings is 1. The van der Waals surface area contributed by atoms with Gasteiger partial charge in [-0.2, -0.15) is 4.31 Å². The van der Waals surface area contributed by atoms with Gasteiger partial charge in [-0.05, 0) is 56.4 Å². The third-order valence-electron chi connectivity index (χ3n) is 4.55. The molecule has 0 aromatic heterocycles. The first-order valence-corrected chi connectivity index (χ1v) is 9.37. The molecule has 1 N–H and O–H groups in total. The molecule has 6 heteroatoms. The van der Waals surface area contributed by atoms with Crippen LogP contribution < -0.4 is 5.32 Å². The molecule has 0 bridgehead atoms. The SMILES string of the molecule is CC1CCCCN1S(=O)(=O)c1ccc2c(c1)CCCC(=O)N2. The van der Waals surface area contributed by atoms with Crippen LogP contribution in [0.15, 0.2) is 23.1 Å². The number of aryl methyl sites for hydroxylation is 1. The number of piperidine rings is 1. The van der Waals surface area contributed by atoms with E-state index in [-0.39, 0.29) is 11.9 Å². The zero-order chi connectivity index (χ0) is 15.7. The maximum Gasteiger partial charge on any atom is 0.243 e. The van der Waals surface area contributed by atoms with Crippen LogP contribution >= 0.6 is 0 Å². The van der Waals surface area contributed by atoms with Crippen molar-refractivity contribution in [2.24, 2.45) is 0 Å². The minimum Gasteiger partial charge on any atom is -0.326 e. The van der Waals surface area contributed by atoms with Crippen molar-refractivity contribution >= 4 is 21.6 Å². The maximum atomic E-state index is 12.9. The second-order valence-corrected chi connectivity index (χ2v) is 8.07. The molecule has 2 aliphatic heterocycles. The molecule has 1 aromatic carbocycles. The zero-order valence-corrected chi connectivity index (χ0v) is 13.7. The molecule has 1 aromatic rings. The lowest BCUT2D eigenvalue weighted by Crippen LogP contribution is -2.41. The molecule has 2 heterocycles. The Morgan fingerprint density at radius 1 is 1.18 bits per heavy atom. The summed E-state index contributed by atoms with van der Waals surface area (Å²) in [5.41, 5.74) is 1.66. The third-order valence-corrected chi connectivity index (χ3v) is 6.56. The largest absolute Gasteiger partial charge is 0.326 e. The fourth-order valence-corrected chi connectivity index (χ4v) is 5.03. The molecule has 1 fully saturated rings. The van der Waals surface area contributed by atoms with E-state index < -0.39 is 10.0 Å². The molecule has 0 aliphatic carbocycles. The Hall–Kier alpha value is -1.40. The van der Waals surface area contributed by atoms with Gasteiger partial charge < -0.3 is 5.32 Å². The summed E-state index contributed by atoms with van der Waals surface area (Å²) < 4.78 is 27.4. The molecular formula is C16H22N2O3S. The Bertz CT molecular complexity index is 685. The number of rotatable bonds is 2. The van der Waals surface area contributed by atoms with Gasteiger partial charge >= 0.3 is 0 Å². The van der Waals surface area contributed by atoms with E-state index >= 15 is 0 Å². The van der Waals surface area contributed by atoms with E-state index in [2.05, 4.69) is 5.32 Å². The van der Waals surface area contributed by atoms with Crippen LogP contribution in [-0.4, -0.2) is 31.2 Å². The summed E-state index contributed by atoms with van der Waals surface area (Å²) in [6, 6.07) is 5.12. The second kappa shape index (κ2) is 6.01. The maximum absolute atomic E-state index is 12.9. The standard InChI is InChI=1S/C16H22N2O3S/c1-12-5-2-3-10-18(12)22(20,21)14-8-9-15-13(11-14)6-4-7-16(19)17-15/h8-9,11-12H,2-7,10H2,1H3,(H,17,19). The summed E-state index contributed by atoms with van der Waals surface area (Å²) in [5, 5.41) is 2.84. The van der Waals surface area contributed by atoms with Crippen LogP contribution in [0.4, 0.5) is 5.69 Å². The number of nitrogens with zero attached hydrogens (tertiary/aromatic N) is 1. The summed E-state index contributed by atoms with van der Waals surface area (Å²) in [6.07, 6.45) is 4.89. The van der Waals surface area contributed by atoms with Gasteiger partial charge in [-0.3, -0.25) is 4.79 Å². The van der Waals surface area contributed by atoms with Crippen LogP contribution in [0.2, 0.25) is 0 Å². The van der Waals surface area contributed by atoms with Crippen LogP contribution in [0.3, 0.4) is 0 Å². The minimum atomic E-state index is -3.45. The summed E-state index contributed by atoms with van der Waals surface area (Å²) >= 11 is 0. The molecule has 22 heavy (non-hydrogen) atoms. The molecule has 1 amide bonds. The number of carbonyl (C=O) groups excluding carboxylic acids is 1. The highest BCUT2D eigenvalue weighted by Gasteiger charge is 2.31. The second-order valence-electron chi connectivity index (χ2n) is 6.18. The number of sulfonamides is 1. The number of amides is 1. The number of carbonyl (C=O) groups is 1. The molecule has 3 rings (SSSR count). The van der Waals surface area contributed by atoms with Crippen LogP contribution in [-0.2, 0) is 21.2 Å². The quantitative estimate of drug-likeness (QED) is 0.910. The van der Waals surface area contributed by atoms with Crippen molar-refractivity contribution in [3.05, 3.63) is 23.8 Å². The lowest BCUT2D eigenvalue weighted by molar-refractivity contribution is -0.116. The lowest BCUT2D eigenvalue weighted by atomic mass is 10.1. The molecule has 0 radical (unpaired) electrons. The highest BCUT2D eigenvalue weighted by Crippen LogP contribution is 2.29. The molecule has 1 saturated heterocycles. The molecular weight excluding hydrogens is 300 g/mol. The molecule has 120 valence electrons. The average molecular weight is 322 g/mol. The first-order valence-electron chi connectivity index (χ1n) is 7.93. The molecule has 1 atom stereocenters. The van der Waals surface area contributed by atoms with Crippen LogP contribution in [0.5, 0.6) is 0 Å². The minimum absolute atomic E-state index is 0.000917. The third kappa shape index (κ3) is 2.90. The van der Waals surface area contributed by atoms with Crippen molar-refractivity contribution < 1.29 is 13.2 Å². The van der Waals surface area contributed by atoms with Gasteiger partial charge in [0.05, 0.1) is 4.90 Å². The molecule has 1 unspecified atom stereocenters. The summed E-state index contributed by atoms with van der Waals surface area (Å²) in [5.74, 6) is -0.000917. The van der Waals surface area contributed by atoms with Crippen molar-refractivity contribution in [3.8, 4) is 0 Å². The molecule has 0 saturated carbocycles. The number of nitrogens with one attached hydrogen (secondary N) is 1. The van der Waals surface area contributed by atoms with Crippen molar-refractivity contribution in [3.63, 3.8) is 0 Å². The molecule has 5 nitrogen and oxygen atoms in total.